The predicted octanol–water partition coefficient (Wildman–Crippen LogP) is 3.51. The summed E-state index contributed by atoms with van der Waals surface area (Å²) in [4.78, 5) is 20.8. The first-order valence-electron chi connectivity index (χ1n) is 11.3. The Kier molecular flexibility index (Phi) is 7.99. The lowest BCUT2D eigenvalue weighted by Gasteiger charge is -2.10. The Balaban J connectivity index is 1.41. The topological polar surface area (TPSA) is 137 Å². The zero-order valence-electron chi connectivity index (χ0n) is 19.7. The van der Waals surface area contributed by atoms with Crippen molar-refractivity contribution in [1.82, 2.24) is 20.0 Å². The van der Waals surface area contributed by atoms with Crippen molar-refractivity contribution in [2.24, 2.45) is 0 Å². The fourth-order valence-corrected chi connectivity index (χ4v) is 4.42. The molecule has 3 aromatic rings. The fraction of sp³-hybridized carbons (Fsp3) is 0.208. The van der Waals surface area contributed by atoms with Crippen LogP contribution >= 0.6 is 0 Å². The van der Waals surface area contributed by atoms with Crippen molar-refractivity contribution < 1.29 is 26.4 Å². The van der Waals surface area contributed by atoms with Crippen LogP contribution in [0.1, 0.15) is 17.5 Å². The number of fused-ring (bicyclic) bond motifs is 4. The molecule has 4 rings (SSSR count). The maximum atomic E-state index is 12.7. The highest BCUT2D eigenvalue weighted by atomic mass is 32.2. The summed E-state index contributed by atoms with van der Waals surface area (Å²) in [6, 6.07) is 9.68. The zero-order valence-corrected chi connectivity index (χ0v) is 20.5. The van der Waals surface area contributed by atoms with Gasteiger partial charge in [-0.2, -0.15) is 18.2 Å². The molecule has 1 aromatic heterocycles. The number of hydrogen-bond acceptors (Lipinski definition) is 7. The van der Waals surface area contributed by atoms with E-state index in [2.05, 4.69) is 47.8 Å². The molecule has 0 saturated heterocycles. The van der Waals surface area contributed by atoms with Crippen molar-refractivity contribution in [2.45, 2.75) is 17.5 Å². The third-order valence-electron chi connectivity index (χ3n) is 5.16. The van der Waals surface area contributed by atoms with Crippen molar-refractivity contribution in [3.8, 4) is 11.8 Å². The highest BCUT2D eigenvalue weighted by Gasteiger charge is 2.30. The van der Waals surface area contributed by atoms with Gasteiger partial charge >= 0.3 is 12.2 Å². The number of sulfonamides is 1. The van der Waals surface area contributed by atoms with Gasteiger partial charge in [0.1, 0.15) is 5.82 Å². The van der Waals surface area contributed by atoms with Gasteiger partial charge in [0, 0.05) is 24.5 Å². The molecule has 198 valence electrons. The second-order valence-electron chi connectivity index (χ2n) is 7.97. The lowest BCUT2D eigenvalue weighted by atomic mass is 10.2. The van der Waals surface area contributed by atoms with Crippen LogP contribution in [0.2, 0.25) is 0 Å². The molecule has 0 atom stereocenters. The minimum absolute atomic E-state index is 0.0551. The molecular formula is C24H22F3N7O3S. The van der Waals surface area contributed by atoms with E-state index in [9.17, 15) is 26.4 Å². The maximum absolute atomic E-state index is 12.7. The molecule has 1 aliphatic heterocycles. The van der Waals surface area contributed by atoms with Gasteiger partial charge < -0.3 is 21.3 Å². The number of alkyl halides is 3. The molecule has 4 bridgehead atoms. The number of rotatable bonds is 2. The van der Waals surface area contributed by atoms with Gasteiger partial charge in [-0.25, -0.2) is 22.9 Å². The standard InChI is InChI=1S/C24H22F3N7O3S/c25-24(26,27)17-7-9-18(10-8-17)33-23(35)29-11-2-4-16-15-30-22-32-19-5-1-6-20(14-19)38(36,37)31-13-3-12-28-21(16)34-22/h1,5-10,14-15,31H,3,11-13H2,(H2,29,33,35)(H2,28,30,32,34). The van der Waals surface area contributed by atoms with E-state index in [1.807, 2.05) is 0 Å². The first kappa shape index (κ1) is 26.7. The van der Waals surface area contributed by atoms with Crippen LogP contribution in [0.3, 0.4) is 0 Å². The van der Waals surface area contributed by atoms with Gasteiger partial charge in [0.15, 0.2) is 0 Å². The van der Waals surface area contributed by atoms with Crippen LogP contribution < -0.4 is 26.0 Å². The van der Waals surface area contributed by atoms with Crippen LogP contribution in [0, 0.1) is 11.8 Å². The average molecular weight is 546 g/mol. The average Bonchev–Trinajstić information content (AvgIpc) is 2.87. The van der Waals surface area contributed by atoms with Crippen LogP contribution in [0.25, 0.3) is 0 Å². The van der Waals surface area contributed by atoms with E-state index in [1.165, 1.54) is 18.3 Å². The van der Waals surface area contributed by atoms with Crippen LogP contribution in [0.15, 0.2) is 59.6 Å². The summed E-state index contributed by atoms with van der Waals surface area (Å²) in [7, 11) is -3.66. The lowest BCUT2D eigenvalue weighted by molar-refractivity contribution is -0.137. The van der Waals surface area contributed by atoms with Gasteiger partial charge in [0.2, 0.25) is 16.0 Å². The van der Waals surface area contributed by atoms with E-state index < -0.39 is 27.8 Å². The Hall–Kier alpha value is -4.35. The van der Waals surface area contributed by atoms with E-state index in [4.69, 9.17) is 0 Å². The molecule has 38 heavy (non-hydrogen) atoms. The Morgan fingerprint density at radius 2 is 1.89 bits per heavy atom. The normalized spacial score (nSPS) is 14.6. The number of amides is 2. The number of halogens is 3. The summed E-state index contributed by atoms with van der Waals surface area (Å²) in [6.45, 7) is 0.559. The molecule has 2 aromatic carbocycles. The Bertz CT molecular complexity index is 1480. The van der Waals surface area contributed by atoms with Crippen molar-refractivity contribution in [3.05, 3.63) is 65.9 Å². The zero-order chi connectivity index (χ0) is 27.2. The van der Waals surface area contributed by atoms with Crippen molar-refractivity contribution in [1.29, 1.82) is 0 Å². The molecule has 0 spiro atoms. The predicted molar refractivity (Wildman–Crippen MR) is 135 cm³/mol. The number of carbonyl (C=O) groups excluding carboxylic acids is 1. The maximum Gasteiger partial charge on any atom is 0.416 e. The summed E-state index contributed by atoms with van der Waals surface area (Å²) in [6.07, 6.45) is -2.49. The minimum atomic E-state index is -4.46. The summed E-state index contributed by atoms with van der Waals surface area (Å²) < 4.78 is 65.5. The number of nitrogens with one attached hydrogen (secondary N) is 5. The lowest BCUT2D eigenvalue weighted by Crippen LogP contribution is -2.28. The Labute approximate surface area is 216 Å². The second-order valence-corrected chi connectivity index (χ2v) is 9.74. The molecule has 0 aliphatic carbocycles. The Morgan fingerprint density at radius 1 is 1.11 bits per heavy atom. The van der Waals surface area contributed by atoms with Crippen LogP contribution in [0.5, 0.6) is 0 Å². The Morgan fingerprint density at radius 3 is 2.66 bits per heavy atom. The van der Waals surface area contributed by atoms with Gasteiger partial charge in [-0.3, -0.25) is 0 Å². The van der Waals surface area contributed by atoms with Crippen molar-refractivity contribution in [2.75, 3.05) is 35.6 Å². The molecular weight excluding hydrogens is 523 g/mol. The van der Waals surface area contributed by atoms with Crippen LogP contribution in [-0.4, -0.2) is 44.1 Å². The third kappa shape index (κ3) is 7.11. The minimum Gasteiger partial charge on any atom is -0.369 e. The molecule has 2 amide bonds. The molecule has 2 heterocycles. The van der Waals surface area contributed by atoms with E-state index in [0.29, 0.717) is 30.0 Å². The molecule has 0 unspecified atom stereocenters. The van der Waals surface area contributed by atoms with E-state index in [0.717, 1.165) is 24.3 Å². The number of carbonyl (C=O) groups is 1. The number of nitrogens with zero attached hydrogens (tertiary/aromatic N) is 2. The van der Waals surface area contributed by atoms with E-state index in [-0.39, 0.29) is 29.6 Å². The highest BCUT2D eigenvalue weighted by Crippen LogP contribution is 2.29. The quantitative estimate of drug-likeness (QED) is 0.311. The van der Waals surface area contributed by atoms with Gasteiger partial charge in [-0.15, -0.1) is 0 Å². The number of urea groups is 1. The number of aromatic nitrogens is 2. The fourth-order valence-electron chi connectivity index (χ4n) is 3.31. The molecule has 0 saturated carbocycles. The molecule has 0 fully saturated rings. The van der Waals surface area contributed by atoms with Gasteiger partial charge in [0.05, 0.1) is 28.8 Å². The highest BCUT2D eigenvalue weighted by molar-refractivity contribution is 7.89. The third-order valence-corrected chi connectivity index (χ3v) is 6.62. The van der Waals surface area contributed by atoms with Crippen molar-refractivity contribution in [3.63, 3.8) is 0 Å². The first-order valence-corrected chi connectivity index (χ1v) is 12.8. The van der Waals surface area contributed by atoms with Crippen LogP contribution in [0.4, 0.5) is 41.1 Å². The van der Waals surface area contributed by atoms with E-state index >= 15 is 0 Å². The first-order chi connectivity index (χ1) is 18.1. The van der Waals surface area contributed by atoms with Gasteiger partial charge in [-0.1, -0.05) is 17.9 Å². The molecule has 10 nitrogen and oxygen atoms in total. The smallest absolute Gasteiger partial charge is 0.369 e. The molecule has 5 N–H and O–H groups in total. The number of hydrogen-bond donors (Lipinski definition) is 5. The number of benzene rings is 2. The van der Waals surface area contributed by atoms with Crippen LogP contribution in [-0.2, 0) is 16.2 Å². The summed E-state index contributed by atoms with van der Waals surface area (Å²) in [5, 5.41) is 11.0. The molecule has 1 aliphatic rings. The van der Waals surface area contributed by atoms with Crippen molar-refractivity contribution >= 4 is 39.2 Å². The SMILES string of the molecule is O=C(NCC#Cc1cnc2nc1NCCCNS(=O)(=O)c1cccc(c1)N2)Nc1ccc(C(F)(F)F)cc1. The van der Waals surface area contributed by atoms with E-state index in [1.54, 1.807) is 12.1 Å². The summed E-state index contributed by atoms with van der Waals surface area (Å²) >= 11 is 0. The summed E-state index contributed by atoms with van der Waals surface area (Å²) in [5.41, 5.74) is 0.317. The summed E-state index contributed by atoms with van der Waals surface area (Å²) in [5.74, 6) is 6.29. The van der Waals surface area contributed by atoms with Gasteiger partial charge in [-0.05, 0) is 48.9 Å². The number of anilines is 4. The largest absolute Gasteiger partial charge is 0.416 e. The molecule has 0 radical (unpaired) electrons. The van der Waals surface area contributed by atoms with Gasteiger partial charge in [0.25, 0.3) is 0 Å². The molecule has 14 heteroatoms. The monoisotopic (exact) mass is 545 g/mol. The second kappa shape index (κ2) is 11.4.